The number of unbranched alkanes of at least 4 members (excludes halogenated alkanes) is 1. The van der Waals surface area contributed by atoms with Crippen LogP contribution in [0, 0.1) is 0 Å². The maximum absolute atomic E-state index is 11.5. The lowest BCUT2D eigenvalue weighted by Crippen LogP contribution is -2.11. The molecule has 0 fully saturated rings. The number of hydrogen-bond acceptors (Lipinski definition) is 5. The molecule has 0 radical (unpaired) electrons. The molecule has 5 nitrogen and oxygen atoms in total. The Balaban J connectivity index is 2.51. The van der Waals surface area contributed by atoms with E-state index in [4.69, 9.17) is 15.2 Å². The molecule has 0 unspecified atom stereocenters. The predicted molar refractivity (Wildman–Crippen MR) is 73.4 cm³/mol. The summed E-state index contributed by atoms with van der Waals surface area (Å²) in [6.45, 7) is 3.68. The molecule has 0 aliphatic rings. The number of methoxy groups -OCH3 is 1. The summed E-state index contributed by atoms with van der Waals surface area (Å²) in [6, 6.07) is 4.84. The first-order valence-electron chi connectivity index (χ1n) is 6.37. The lowest BCUT2D eigenvalue weighted by molar-refractivity contribution is 0.0590. The van der Waals surface area contributed by atoms with Crippen molar-refractivity contribution in [1.29, 1.82) is 0 Å². The smallest absolute Gasteiger partial charge is 0.341 e. The Morgan fingerprint density at radius 1 is 1.26 bits per heavy atom. The van der Waals surface area contributed by atoms with Gasteiger partial charge >= 0.3 is 5.97 Å². The van der Waals surface area contributed by atoms with Crippen LogP contribution in [0.3, 0.4) is 0 Å². The lowest BCUT2D eigenvalue weighted by Gasteiger charge is -2.11. The number of rotatable bonds is 8. The van der Waals surface area contributed by atoms with E-state index in [2.05, 4.69) is 11.7 Å². The minimum absolute atomic E-state index is 0.366. The minimum atomic E-state index is -0.443. The van der Waals surface area contributed by atoms with Crippen LogP contribution in [0.2, 0.25) is 0 Å². The summed E-state index contributed by atoms with van der Waals surface area (Å²) in [5, 5.41) is 0. The SMILES string of the molecule is CCCCOCCOc1cc(N)ccc1C(=O)OC. The number of ether oxygens (including phenoxy) is 3. The van der Waals surface area contributed by atoms with Crippen LogP contribution in [-0.2, 0) is 9.47 Å². The van der Waals surface area contributed by atoms with Crippen LogP contribution >= 0.6 is 0 Å². The van der Waals surface area contributed by atoms with Crippen molar-refractivity contribution in [3.63, 3.8) is 0 Å². The van der Waals surface area contributed by atoms with Gasteiger partial charge in [0.2, 0.25) is 0 Å². The Morgan fingerprint density at radius 2 is 2.05 bits per heavy atom. The van der Waals surface area contributed by atoms with Crippen molar-refractivity contribution in [2.45, 2.75) is 19.8 Å². The standard InChI is InChI=1S/C14H21NO4/c1-3-4-7-18-8-9-19-13-10-11(15)5-6-12(13)14(16)17-2/h5-6,10H,3-4,7-9,15H2,1-2H3. The van der Waals surface area contributed by atoms with Gasteiger partial charge in [-0.05, 0) is 18.6 Å². The molecule has 106 valence electrons. The summed E-state index contributed by atoms with van der Waals surface area (Å²) in [5.74, 6) is -0.0205. The van der Waals surface area contributed by atoms with Crippen molar-refractivity contribution in [3.05, 3.63) is 23.8 Å². The van der Waals surface area contributed by atoms with Crippen LogP contribution < -0.4 is 10.5 Å². The molecule has 19 heavy (non-hydrogen) atoms. The zero-order valence-corrected chi connectivity index (χ0v) is 11.5. The molecule has 1 aromatic carbocycles. The van der Waals surface area contributed by atoms with Gasteiger partial charge in [0.25, 0.3) is 0 Å². The molecule has 0 spiro atoms. The zero-order chi connectivity index (χ0) is 14.1. The zero-order valence-electron chi connectivity index (χ0n) is 11.5. The topological polar surface area (TPSA) is 70.8 Å². The molecule has 0 aliphatic carbocycles. The molecule has 0 aliphatic heterocycles. The number of benzene rings is 1. The van der Waals surface area contributed by atoms with Crippen LogP contribution in [0.25, 0.3) is 0 Å². The number of hydrogen-bond donors (Lipinski definition) is 1. The first-order valence-corrected chi connectivity index (χ1v) is 6.37. The van der Waals surface area contributed by atoms with Crippen molar-refractivity contribution >= 4 is 11.7 Å². The van der Waals surface area contributed by atoms with E-state index < -0.39 is 5.97 Å². The quantitative estimate of drug-likeness (QED) is 0.444. The van der Waals surface area contributed by atoms with E-state index in [1.54, 1.807) is 18.2 Å². The minimum Gasteiger partial charge on any atom is -0.490 e. The second-order valence-electron chi connectivity index (χ2n) is 4.06. The van der Waals surface area contributed by atoms with E-state index >= 15 is 0 Å². The highest BCUT2D eigenvalue weighted by molar-refractivity contribution is 5.93. The van der Waals surface area contributed by atoms with Gasteiger partial charge in [-0.15, -0.1) is 0 Å². The molecule has 0 atom stereocenters. The predicted octanol–water partition coefficient (Wildman–Crippen LogP) is 2.25. The van der Waals surface area contributed by atoms with Gasteiger partial charge in [0.1, 0.15) is 17.9 Å². The molecule has 0 saturated heterocycles. The van der Waals surface area contributed by atoms with Gasteiger partial charge < -0.3 is 19.9 Å². The monoisotopic (exact) mass is 267 g/mol. The number of carbonyl (C=O) groups is 1. The summed E-state index contributed by atoms with van der Waals surface area (Å²) in [6.07, 6.45) is 2.13. The van der Waals surface area contributed by atoms with Gasteiger partial charge in [-0.3, -0.25) is 0 Å². The van der Waals surface area contributed by atoms with Gasteiger partial charge in [0, 0.05) is 18.4 Å². The van der Waals surface area contributed by atoms with Crippen LogP contribution in [-0.4, -0.2) is 32.9 Å². The number of anilines is 1. The third-order valence-electron chi connectivity index (χ3n) is 2.54. The Hall–Kier alpha value is -1.75. The highest BCUT2D eigenvalue weighted by Crippen LogP contribution is 2.22. The van der Waals surface area contributed by atoms with E-state index in [1.165, 1.54) is 7.11 Å². The van der Waals surface area contributed by atoms with Crippen LogP contribution in [0.1, 0.15) is 30.1 Å². The maximum atomic E-state index is 11.5. The fraction of sp³-hybridized carbons (Fsp3) is 0.500. The van der Waals surface area contributed by atoms with Crippen molar-refractivity contribution in [2.75, 3.05) is 32.7 Å². The number of nitrogens with two attached hydrogens (primary N) is 1. The van der Waals surface area contributed by atoms with Crippen LogP contribution in [0.4, 0.5) is 5.69 Å². The summed E-state index contributed by atoms with van der Waals surface area (Å²) in [4.78, 5) is 11.5. The van der Waals surface area contributed by atoms with Crippen molar-refractivity contribution in [1.82, 2.24) is 0 Å². The molecule has 2 N–H and O–H groups in total. The van der Waals surface area contributed by atoms with Gasteiger partial charge in [-0.1, -0.05) is 13.3 Å². The molecule has 0 bridgehead atoms. The average molecular weight is 267 g/mol. The Bertz CT molecular complexity index is 406. The normalized spacial score (nSPS) is 10.2. The first-order chi connectivity index (χ1) is 9.19. The molecule has 1 aromatic rings. The maximum Gasteiger partial charge on any atom is 0.341 e. The Morgan fingerprint density at radius 3 is 2.74 bits per heavy atom. The molecule has 0 aromatic heterocycles. The summed E-state index contributed by atoms with van der Waals surface area (Å²) in [7, 11) is 1.33. The third-order valence-corrected chi connectivity index (χ3v) is 2.54. The molecule has 0 heterocycles. The second kappa shape index (κ2) is 8.37. The number of esters is 1. The Labute approximate surface area is 113 Å². The number of nitrogen functional groups attached to an aromatic ring is 1. The van der Waals surface area contributed by atoms with E-state index in [-0.39, 0.29) is 0 Å². The second-order valence-corrected chi connectivity index (χ2v) is 4.06. The molecule has 0 amide bonds. The summed E-state index contributed by atoms with van der Waals surface area (Å²) in [5.41, 5.74) is 6.58. The fourth-order valence-corrected chi connectivity index (χ4v) is 1.50. The van der Waals surface area contributed by atoms with E-state index in [0.29, 0.717) is 30.2 Å². The number of carbonyl (C=O) groups excluding carboxylic acids is 1. The molecular formula is C14H21NO4. The first kappa shape index (κ1) is 15.3. The van der Waals surface area contributed by atoms with E-state index in [1.807, 2.05) is 0 Å². The fourth-order valence-electron chi connectivity index (χ4n) is 1.50. The third kappa shape index (κ3) is 5.18. The molecule has 0 saturated carbocycles. The molecular weight excluding hydrogens is 246 g/mol. The highest BCUT2D eigenvalue weighted by Gasteiger charge is 2.13. The highest BCUT2D eigenvalue weighted by atomic mass is 16.5. The summed E-state index contributed by atoms with van der Waals surface area (Å²) >= 11 is 0. The van der Waals surface area contributed by atoms with Crippen molar-refractivity contribution in [2.24, 2.45) is 0 Å². The van der Waals surface area contributed by atoms with E-state index in [0.717, 1.165) is 19.4 Å². The van der Waals surface area contributed by atoms with Crippen LogP contribution in [0.5, 0.6) is 5.75 Å². The Kier molecular flexibility index (Phi) is 6.74. The molecule has 1 rings (SSSR count). The van der Waals surface area contributed by atoms with Gasteiger partial charge in [0.15, 0.2) is 0 Å². The average Bonchev–Trinajstić information content (AvgIpc) is 2.42. The molecule has 5 heteroatoms. The van der Waals surface area contributed by atoms with Gasteiger partial charge in [-0.2, -0.15) is 0 Å². The largest absolute Gasteiger partial charge is 0.490 e. The van der Waals surface area contributed by atoms with Crippen molar-refractivity contribution in [3.8, 4) is 5.75 Å². The van der Waals surface area contributed by atoms with Gasteiger partial charge in [-0.25, -0.2) is 4.79 Å². The van der Waals surface area contributed by atoms with Crippen LogP contribution in [0.15, 0.2) is 18.2 Å². The lowest BCUT2D eigenvalue weighted by atomic mass is 10.2. The van der Waals surface area contributed by atoms with Gasteiger partial charge in [0.05, 0.1) is 13.7 Å². The van der Waals surface area contributed by atoms with Crippen molar-refractivity contribution < 1.29 is 19.0 Å². The van der Waals surface area contributed by atoms with E-state index in [9.17, 15) is 4.79 Å². The summed E-state index contributed by atoms with van der Waals surface area (Å²) < 4.78 is 15.6.